The van der Waals surface area contributed by atoms with Crippen LogP contribution in [-0.4, -0.2) is 16.8 Å². The number of ether oxygens (including phenoxy) is 1. The van der Waals surface area contributed by atoms with Gasteiger partial charge in [0.2, 0.25) is 0 Å². The molecule has 0 saturated heterocycles. The molecule has 5 heteroatoms. The van der Waals surface area contributed by atoms with Crippen LogP contribution in [0.15, 0.2) is 10.9 Å². The van der Waals surface area contributed by atoms with Crippen LogP contribution in [0.1, 0.15) is 29.8 Å². The van der Waals surface area contributed by atoms with Gasteiger partial charge < -0.3 is 4.74 Å². The van der Waals surface area contributed by atoms with Crippen LogP contribution in [0.2, 0.25) is 0 Å². The summed E-state index contributed by atoms with van der Waals surface area (Å²) < 4.78 is 17.9. The van der Waals surface area contributed by atoms with Crippen LogP contribution in [0, 0.1) is 0 Å². The molecule has 2 rings (SSSR count). The quantitative estimate of drug-likeness (QED) is 0.688. The molecule has 0 bridgehead atoms. The van der Waals surface area contributed by atoms with Crippen LogP contribution in [0.25, 0.3) is 0 Å². The number of rotatable bonds is 2. The summed E-state index contributed by atoms with van der Waals surface area (Å²) in [5, 5.41) is 1.55. The molecule has 0 aliphatic heterocycles. The highest BCUT2D eigenvalue weighted by Gasteiger charge is 2.41. The summed E-state index contributed by atoms with van der Waals surface area (Å²) >= 11 is 1.29. The Morgan fingerprint density at radius 1 is 1.69 bits per heavy atom. The van der Waals surface area contributed by atoms with Crippen LogP contribution in [0.5, 0.6) is 0 Å². The first-order chi connectivity index (χ1) is 6.20. The van der Waals surface area contributed by atoms with Crippen LogP contribution in [0.4, 0.5) is 4.39 Å². The van der Waals surface area contributed by atoms with Crippen LogP contribution < -0.4 is 0 Å². The van der Waals surface area contributed by atoms with E-state index in [9.17, 15) is 9.18 Å². The summed E-state index contributed by atoms with van der Waals surface area (Å²) in [5.74, 6) is -2.38. The predicted molar refractivity (Wildman–Crippen MR) is 45.2 cm³/mol. The van der Waals surface area contributed by atoms with Gasteiger partial charge in [0.15, 0.2) is 5.69 Å². The monoisotopic (exact) mass is 201 g/mol. The van der Waals surface area contributed by atoms with Crippen molar-refractivity contribution in [3.8, 4) is 0 Å². The lowest BCUT2D eigenvalue weighted by Gasteiger charge is -2.32. The van der Waals surface area contributed by atoms with Crippen molar-refractivity contribution in [2.75, 3.05) is 0 Å². The molecule has 1 aromatic rings. The third-order valence-electron chi connectivity index (χ3n) is 2.02. The Hall–Kier alpha value is -0.970. The number of nitrogens with zero attached hydrogens (tertiary/aromatic N) is 1. The van der Waals surface area contributed by atoms with Gasteiger partial charge in [-0.1, -0.05) is 0 Å². The largest absolute Gasteiger partial charge is 0.424 e. The molecule has 13 heavy (non-hydrogen) atoms. The summed E-state index contributed by atoms with van der Waals surface area (Å²) in [7, 11) is 0. The fraction of sp³-hybridized carbons (Fsp3) is 0.500. The molecule has 1 saturated carbocycles. The minimum atomic E-state index is -1.72. The number of hydrogen-bond acceptors (Lipinski definition) is 4. The van der Waals surface area contributed by atoms with Crippen LogP contribution in [0.3, 0.4) is 0 Å². The molecule has 70 valence electrons. The molecule has 1 aromatic heterocycles. The van der Waals surface area contributed by atoms with Gasteiger partial charge in [0.1, 0.15) is 0 Å². The van der Waals surface area contributed by atoms with Crippen molar-refractivity contribution in [1.29, 1.82) is 0 Å². The molecular weight excluding hydrogens is 193 g/mol. The highest BCUT2D eigenvalue weighted by Crippen LogP contribution is 2.37. The molecule has 0 amide bonds. The Labute approximate surface area is 78.6 Å². The van der Waals surface area contributed by atoms with Gasteiger partial charge in [0.25, 0.3) is 5.85 Å². The van der Waals surface area contributed by atoms with Crippen molar-refractivity contribution in [2.24, 2.45) is 0 Å². The minimum absolute atomic E-state index is 0.189. The van der Waals surface area contributed by atoms with Crippen molar-refractivity contribution in [3.63, 3.8) is 0 Å². The zero-order valence-electron chi connectivity index (χ0n) is 6.83. The first kappa shape index (κ1) is 8.62. The van der Waals surface area contributed by atoms with Crippen molar-refractivity contribution in [2.45, 2.75) is 25.1 Å². The van der Waals surface area contributed by atoms with E-state index in [0.29, 0.717) is 12.8 Å². The van der Waals surface area contributed by atoms with E-state index in [1.54, 1.807) is 5.38 Å². The van der Waals surface area contributed by atoms with E-state index in [-0.39, 0.29) is 5.69 Å². The van der Waals surface area contributed by atoms with Gasteiger partial charge in [-0.2, -0.15) is 4.39 Å². The van der Waals surface area contributed by atoms with Gasteiger partial charge in [-0.05, 0) is 6.42 Å². The van der Waals surface area contributed by atoms with Crippen molar-refractivity contribution < 1.29 is 13.9 Å². The molecule has 3 nitrogen and oxygen atoms in total. The summed E-state index contributed by atoms with van der Waals surface area (Å²) in [4.78, 5) is 14.9. The SMILES string of the molecule is O=C(OC1(F)CCC1)c1cscn1. The van der Waals surface area contributed by atoms with E-state index in [1.165, 1.54) is 16.8 Å². The Balaban J connectivity index is 1.99. The van der Waals surface area contributed by atoms with E-state index in [2.05, 4.69) is 9.72 Å². The van der Waals surface area contributed by atoms with Gasteiger partial charge in [-0.3, -0.25) is 0 Å². The van der Waals surface area contributed by atoms with E-state index in [0.717, 1.165) is 6.42 Å². The molecule has 1 heterocycles. The van der Waals surface area contributed by atoms with Gasteiger partial charge in [0.05, 0.1) is 5.51 Å². The summed E-state index contributed by atoms with van der Waals surface area (Å²) in [6, 6.07) is 0. The number of alkyl halides is 1. The molecule has 0 atom stereocenters. The van der Waals surface area contributed by atoms with E-state index in [4.69, 9.17) is 0 Å². The molecule has 0 aromatic carbocycles. The lowest BCUT2D eigenvalue weighted by Crippen LogP contribution is -2.37. The number of hydrogen-bond donors (Lipinski definition) is 0. The average molecular weight is 201 g/mol. The van der Waals surface area contributed by atoms with Gasteiger partial charge in [-0.25, -0.2) is 9.78 Å². The second kappa shape index (κ2) is 3.06. The van der Waals surface area contributed by atoms with Crippen molar-refractivity contribution >= 4 is 17.3 Å². The molecule has 1 aliphatic rings. The normalized spacial score (nSPS) is 19.2. The van der Waals surface area contributed by atoms with E-state index >= 15 is 0 Å². The van der Waals surface area contributed by atoms with Crippen LogP contribution >= 0.6 is 11.3 Å². The number of carbonyl (C=O) groups excluding carboxylic acids is 1. The molecule has 1 fully saturated rings. The maximum absolute atomic E-state index is 13.3. The molecule has 0 spiro atoms. The third-order valence-corrected chi connectivity index (χ3v) is 2.60. The zero-order valence-corrected chi connectivity index (χ0v) is 7.64. The maximum Gasteiger partial charge on any atom is 0.360 e. The predicted octanol–water partition coefficient (Wildman–Crippen LogP) is 2.15. The number of halogens is 1. The Kier molecular flexibility index (Phi) is 2.03. The summed E-state index contributed by atoms with van der Waals surface area (Å²) in [5.41, 5.74) is 1.70. The molecular formula is C8H8FNO2S. The first-order valence-electron chi connectivity index (χ1n) is 4.00. The Bertz CT molecular complexity index is 308. The smallest absolute Gasteiger partial charge is 0.360 e. The lowest BCUT2D eigenvalue weighted by molar-refractivity contribution is -0.154. The second-order valence-electron chi connectivity index (χ2n) is 3.00. The number of carbonyl (C=O) groups is 1. The van der Waals surface area contributed by atoms with Crippen molar-refractivity contribution in [3.05, 3.63) is 16.6 Å². The average Bonchev–Trinajstić information content (AvgIpc) is 2.53. The number of esters is 1. The molecule has 0 radical (unpaired) electrons. The third kappa shape index (κ3) is 1.70. The maximum atomic E-state index is 13.3. The fourth-order valence-electron chi connectivity index (χ4n) is 1.09. The minimum Gasteiger partial charge on any atom is -0.424 e. The standard InChI is InChI=1S/C8H8FNO2S/c9-8(2-1-3-8)12-7(11)6-4-13-5-10-6/h4-5H,1-3H2. The van der Waals surface area contributed by atoms with Gasteiger partial charge in [-0.15, -0.1) is 11.3 Å². The second-order valence-corrected chi connectivity index (χ2v) is 3.72. The number of thiazole rings is 1. The van der Waals surface area contributed by atoms with Gasteiger partial charge in [0, 0.05) is 18.2 Å². The molecule has 0 unspecified atom stereocenters. The zero-order chi connectivity index (χ0) is 9.31. The highest BCUT2D eigenvalue weighted by atomic mass is 32.1. The van der Waals surface area contributed by atoms with E-state index < -0.39 is 11.8 Å². The van der Waals surface area contributed by atoms with Gasteiger partial charge >= 0.3 is 5.97 Å². The Morgan fingerprint density at radius 2 is 2.46 bits per heavy atom. The lowest BCUT2D eigenvalue weighted by atomic mass is 9.93. The van der Waals surface area contributed by atoms with Crippen LogP contribution in [-0.2, 0) is 4.74 Å². The summed E-state index contributed by atoms with van der Waals surface area (Å²) in [6.45, 7) is 0. The topological polar surface area (TPSA) is 39.2 Å². The highest BCUT2D eigenvalue weighted by molar-refractivity contribution is 7.07. The number of aromatic nitrogens is 1. The van der Waals surface area contributed by atoms with E-state index in [1.807, 2.05) is 0 Å². The molecule has 0 N–H and O–H groups in total. The van der Waals surface area contributed by atoms with Crippen molar-refractivity contribution in [1.82, 2.24) is 4.98 Å². The first-order valence-corrected chi connectivity index (χ1v) is 4.94. The summed E-state index contributed by atoms with van der Waals surface area (Å²) in [6.07, 6.45) is 1.40. The molecule has 1 aliphatic carbocycles. The Morgan fingerprint density at radius 3 is 2.92 bits per heavy atom. The fourth-order valence-corrected chi connectivity index (χ4v) is 1.61.